The number of nitrogens with zero attached hydrogens (tertiary/aromatic N) is 1. The maximum Gasteiger partial charge on any atom is 0.307 e. The molecule has 0 N–H and O–H groups in total. The van der Waals surface area contributed by atoms with Crippen molar-refractivity contribution in [1.82, 2.24) is 0 Å². The second-order valence-corrected chi connectivity index (χ2v) is 5.24. The van der Waals surface area contributed by atoms with Gasteiger partial charge in [-0.05, 0) is 31.4 Å². The van der Waals surface area contributed by atoms with Crippen molar-refractivity contribution in [2.75, 3.05) is 18.6 Å². The zero-order valence-electron chi connectivity index (χ0n) is 12.5. The zero-order valence-corrected chi connectivity index (χ0v) is 12.5. The number of allylic oxidation sites excluding steroid dienone is 2. The summed E-state index contributed by atoms with van der Waals surface area (Å²) in [4.78, 5) is 25.9. The van der Waals surface area contributed by atoms with Gasteiger partial charge in [-0.15, -0.1) is 0 Å². The first kappa shape index (κ1) is 15.3. The summed E-state index contributed by atoms with van der Waals surface area (Å²) in [6.45, 7) is 2.33. The Morgan fingerprint density at radius 1 is 1.24 bits per heavy atom. The highest BCUT2D eigenvalue weighted by Crippen LogP contribution is 2.26. The van der Waals surface area contributed by atoms with E-state index in [1.807, 2.05) is 43.3 Å². The van der Waals surface area contributed by atoms with E-state index in [1.54, 1.807) is 4.90 Å². The quantitative estimate of drug-likeness (QED) is 0.618. The number of anilines is 1. The lowest BCUT2D eigenvalue weighted by Gasteiger charge is -2.27. The van der Waals surface area contributed by atoms with Crippen LogP contribution in [0.15, 0.2) is 36.4 Å². The Kier molecular flexibility index (Phi) is 5.14. The Bertz CT molecular complexity index is 543. The smallest absolute Gasteiger partial charge is 0.307 e. The lowest BCUT2D eigenvalue weighted by Crippen LogP contribution is -2.37. The van der Waals surface area contributed by atoms with E-state index in [-0.39, 0.29) is 24.2 Å². The van der Waals surface area contributed by atoms with Gasteiger partial charge in [0.2, 0.25) is 5.91 Å². The number of amides is 1. The fraction of sp³-hybridized carbons (Fsp3) is 0.412. The first-order valence-electron chi connectivity index (χ1n) is 7.22. The minimum absolute atomic E-state index is 0.0118. The molecule has 0 aliphatic heterocycles. The molecule has 0 heterocycles. The summed E-state index contributed by atoms with van der Waals surface area (Å²) in [5.41, 5.74) is 1.90. The molecule has 0 saturated carbocycles. The van der Waals surface area contributed by atoms with Crippen molar-refractivity contribution in [3.63, 3.8) is 0 Å². The molecule has 0 fully saturated rings. The fourth-order valence-electron chi connectivity index (χ4n) is 2.56. The Morgan fingerprint density at radius 3 is 2.52 bits per heavy atom. The van der Waals surface area contributed by atoms with Crippen LogP contribution in [0.2, 0.25) is 0 Å². The maximum atomic E-state index is 12.7. The molecule has 0 bridgehead atoms. The predicted octanol–water partition coefficient (Wildman–Crippen LogP) is 2.86. The summed E-state index contributed by atoms with van der Waals surface area (Å²) < 4.78 is 4.68. The summed E-state index contributed by atoms with van der Waals surface area (Å²) in [7, 11) is 1.36. The Labute approximate surface area is 125 Å². The zero-order chi connectivity index (χ0) is 15.2. The molecule has 0 spiro atoms. The van der Waals surface area contributed by atoms with Gasteiger partial charge in [0.05, 0.1) is 13.5 Å². The number of para-hydroxylation sites is 1. The molecule has 1 aromatic carbocycles. The van der Waals surface area contributed by atoms with Gasteiger partial charge in [0.25, 0.3) is 0 Å². The molecule has 0 atom stereocenters. The van der Waals surface area contributed by atoms with Crippen LogP contribution >= 0.6 is 0 Å². The first-order chi connectivity index (χ1) is 10.1. The van der Waals surface area contributed by atoms with E-state index in [4.69, 9.17) is 0 Å². The number of rotatable bonds is 5. The molecule has 4 heteroatoms. The van der Waals surface area contributed by atoms with Crippen molar-refractivity contribution in [1.29, 1.82) is 0 Å². The second-order valence-electron chi connectivity index (χ2n) is 5.24. The minimum atomic E-state index is -0.300. The molecule has 2 rings (SSSR count). The lowest BCUT2D eigenvalue weighted by atomic mass is 10.0. The van der Waals surface area contributed by atoms with Crippen LogP contribution in [0.5, 0.6) is 0 Å². The predicted molar refractivity (Wildman–Crippen MR) is 82.0 cm³/mol. The number of benzene rings is 1. The van der Waals surface area contributed by atoms with E-state index in [0.717, 1.165) is 24.1 Å². The monoisotopic (exact) mass is 287 g/mol. The van der Waals surface area contributed by atoms with E-state index >= 15 is 0 Å². The Hall–Kier alpha value is -2.10. The number of hydrogen-bond donors (Lipinski definition) is 0. The normalized spacial score (nSPS) is 14.2. The van der Waals surface area contributed by atoms with Gasteiger partial charge in [-0.25, -0.2) is 0 Å². The third-order valence-corrected chi connectivity index (χ3v) is 3.80. The first-order valence-corrected chi connectivity index (χ1v) is 7.22. The van der Waals surface area contributed by atoms with Crippen LogP contribution in [0.3, 0.4) is 0 Å². The largest absolute Gasteiger partial charge is 0.469 e. The van der Waals surface area contributed by atoms with Gasteiger partial charge in [-0.2, -0.15) is 0 Å². The topological polar surface area (TPSA) is 46.6 Å². The molecular formula is C17H21NO3. The van der Waals surface area contributed by atoms with Crippen molar-refractivity contribution in [3.05, 3.63) is 42.0 Å². The lowest BCUT2D eigenvalue weighted by molar-refractivity contribution is -0.140. The van der Waals surface area contributed by atoms with E-state index in [0.29, 0.717) is 6.54 Å². The van der Waals surface area contributed by atoms with Crippen LogP contribution < -0.4 is 4.90 Å². The van der Waals surface area contributed by atoms with Gasteiger partial charge < -0.3 is 9.64 Å². The third kappa shape index (κ3) is 3.72. The van der Waals surface area contributed by atoms with Crippen molar-refractivity contribution in [2.45, 2.75) is 26.2 Å². The van der Waals surface area contributed by atoms with E-state index < -0.39 is 0 Å². The number of carbonyl (C=O) groups is 2. The Morgan fingerprint density at radius 2 is 1.90 bits per heavy atom. The molecule has 0 aromatic heterocycles. The van der Waals surface area contributed by atoms with Gasteiger partial charge in [0.15, 0.2) is 0 Å². The number of methoxy groups -OCH3 is 1. The van der Waals surface area contributed by atoms with Crippen LogP contribution in [0.1, 0.15) is 24.8 Å². The number of esters is 1. The standard InChI is InChI=1S/C17H21NO3/c1-13-7-3-6-10-15(13)18(12-11-16(19)21-2)17(20)14-8-4-5-9-14/h3-7,10,14H,8-9,11-12H2,1-2H3. The van der Waals surface area contributed by atoms with Crippen molar-refractivity contribution < 1.29 is 14.3 Å². The molecule has 0 saturated heterocycles. The summed E-state index contributed by atoms with van der Waals surface area (Å²) in [5, 5.41) is 0. The van der Waals surface area contributed by atoms with Gasteiger partial charge in [-0.1, -0.05) is 30.4 Å². The molecule has 1 amide bonds. The number of hydrogen-bond acceptors (Lipinski definition) is 3. The summed E-state index contributed by atoms with van der Waals surface area (Å²) in [5.74, 6) is -0.230. The van der Waals surface area contributed by atoms with E-state index in [1.165, 1.54) is 7.11 Å². The molecule has 1 aliphatic rings. The van der Waals surface area contributed by atoms with Crippen molar-refractivity contribution in [3.8, 4) is 0 Å². The number of ether oxygens (including phenoxy) is 1. The molecule has 0 radical (unpaired) electrons. The molecule has 0 unspecified atom stereocenters. The van der Waals surface area contributed by atoms with E-state index in [9.17, 15) is 9.59 Å². The highest BCUT2D eigenvalue weighted by molar-refractivity contribution is 5.96. The second kappa shape index (κ2) is 7.07. The number of carbonyl (C=O) groups excluding carboxylic acids is 2. The summed E-state index contributed by atoms with van der Waals surface area (Å²) in [6.07, 6.45) is 5.84. The van der Waals surface area contributed by atoms with Crippen LogP contribution in [-0.4, -0.2) is 25.5 Å². The Balaban J connectivity index is 2.19. The highest BCUT2D eigenvalue weighted by atomic mass is 16.5. The fourth-order valence-corrected chi connectivity index (χ4v) is 2.56. The molecule has 1 aliphatic carbocycles. The average molecular weight is 287 g/mol. The van der Waals surface area contributed by atoms with Crippen LogP contribution in [0, 0.1) is 12.8 Å². The van der Waals surface area contributed by atoms with E-state index in [2.05, 4.69) is 4.74 Å². The van der Waals surface area contributed by atoms with Gasteiger partial charge in [0.1, 0.15) is 0 Å². The van der Waals surface area contributed by atoms with Crippen LogP contribution in [0.25, 0.3) is 0 Å². The molecule has 1 aromatic rings. The average Bonchev–Trinajstić information content (AvgIpc) is 3.02. The maximum absolute atomic E-state index is 12.7. The summed E-state index contributed by atoms with van der Waals surface area (Å²) in [6, 6.07) is 7.75. The summed E-state index contributed by atoms with van der Waals surface area (Å²) >= 11 is 0. The van der Waals surface area contributed by atoms with Gasteiger partial charge >= 0.3 is 5.97 Å². The van der Waals surface area contributed by atoms with Crippen molar-refractivity contribution in [2.24, 2.45) is 5.92 Å². The highest BCUT2D eigenvalue weighted by Gasteiger charge is 2.27. The molecule has 112 valence electrons. The third-order valence-electron chi connectivity index (χ3n) is 3.80. The molecule has 21 heavy (non-hydrogen) atoms. The van der Waals surface area contributed by atoms with Crippen LogP contribution in [-0.2, 0) is 14.3 Å². The van der Waals surface area contributed by atoms with Crippen LogP contribution in [0.4, 0.5) is 5.69 Å². The van der Waals surface area contributed by atoms with Gasteiger partial charge in [0, 0.05) is 18.2 Å². The molecular weight excluding hydrogens is 266 g/mol. The van der Waals surface area contributed by atoms with Crippen molar-refractivity contribution >= 4 is 17.6 Å². The SMILES string of the molecule is COC(=O)CCN(C(=O)C1CC=CC1)c1ccccc1C. The number of aryl methyl sites for hydroxylation is 1. The molecule has 4 nitrogen and oxygen atoms in total. The minimum Gasteiger partial charge on any atom is -0.469 e. The van der Waals surface area contributed by atoms with Gasteiger partial charge in [-0.3, -0.25) is 9.59 Å².